The number of aromatic nitrogens is 1. The maximum absolute atomic E-state index is 13.7. The Balaban J connectivity index is 1.75. The number of benzene rings is 2. The predicted octanol–water partition coefficient (Wildman–Crippen LogP) is 6.02. The van der Waals surface area contributed by atoms with Crippen molar-refractivity contribution in [3.05, 3.63) is 113 Å². The SMILES string of the molecule is CCOC(=O)C1(C(=O)OCC)N=C(c2cccs2)C=C1c1ccc(-c2ccccc2)n1Cc1ccccc1. The molecule has 7 heteroatoms. The number of hydrogen-bond acceptors (Lipinski definition) is 6. The molecule has 0 radical (unpaired) electrons. The second kappa shape index (κ2) is 11.0. The number of hydrogen-bond donors (Lipinski definition) is 0. The first-order valence-corrected chi connectivity index (χ1v) is 13.5. The van der Waals surface area contributed by atoms with E-state index in [0.29, 0.717) is 23.5 Å². The number of ether oxygens (including phenoxy) is 2. The maximum Gasteiger partial charge on any atom is 0.350 e. The molecule has 4 aromatic rings. The molecule has 0 saturated heterocycles. The van der Waals surface area contributed by atoms with Crippen molar-refractivity contribution < 1.29 is 19.1 Å². The van der Waals surface area contributed by atoms with Gasteiger partial charge >= 0.3 is 11.9 Å². The zero-order chi connectivity index (χ0) is 26.5. The quantitative estimate of drug-likeness (QED) is 0.198. The molecule has 5 rings (SSSR count). The van der Waals surface area contributed by atoms with Gasteiger partial charge in [0.25, 0.3) is 5.54 Å². The number of esters is 2. The number of allylic oxidation sites excluding steroid dienone is 1. The molecule has 2 aromatic heterocycles. The van der Waals surface area contributed by atoms with Crippen molar-refractivity contribution in [2.45, 2.75) is 25.9 Å². The van der Waals surface area contributed by atoms with Gasteiger partial charge in [0.15, 0.2) is 0 Å². The summed E-state index contributed by atoms with van der Waals surface area (Å²) in [6.45, 7) is 4.17. The molecule has 38 heavy (non-hydrogen) atoms. The van der Waals surface area contributed by atoms with E-state index < -0.39 is 17.5 Å². The molecular weight excluding hydrogens is 496 g/mol. The van der Waals surface area contributed by atoms with E-state index in [2.05, 4.69) is 16.7 Å². The van der Waals surface area contributed by atoms with E-state index in [9.17, 15) is 9.59 Å². The third-order valence-electron chi connectivity index (χ3n) is 6.38. The van der Waals surface area contributed by atoms with Crippen LogP contribution in [0, 0.1) is 0 Å². The van der Waals surface area contributed by atoms with Crippen molar-refractivity contribution in [2.75, 3.05) is 13.2 Å². The predicted molar refractivity (Wildman–Crippen MR) is 150 cm³/mol. The molecule has 0 amide bonds. The molecule has 192 valence electrons. The molecule has 1 aliphatic heterocycles. The molecule has 2 aromatic carbocycles. The Bertz CT molecular complexity index is 1470. The first-order chi connectivity index (χ1) is 18.6. The Hall–Kier alpha value is -4.23. The van der Waals surface area contributed by atoms with Crippen molar-refractivity contribution in [1.82, 2.24) is 4.57 Å². The molecular formula is C31H28N2O4S. The minimum Gasteiger partial charge on any atom is -0.463 e. The summed E-state index contributed by atoms with van der Waals surface area (Å²) in [6.07, 6.45) is 1.82. The second-order valence-electron chi connectivity index (χ2n) is 8.73. The van der Waals surface area contributed by atoms with Crippen molar-refractivity contribution in [3.63, 3.8) is 0 Å². The normalized spacial score (nSPS) is 14.1. The van der Waals surface area contributed by atoms with Gasteiger partial charge in [-0.1, -0.05) is 66.7 Å². The summed E-state index contributed by atoms with van der Waals surface area (Å²) in [5.74, 6) is -1.49. The fraction of sp³-hybridized carbons (Fsp3) is 0.194. The van der Waals surface area contributed by atoms with Gasteiger partial charge in [0, 0.05) is 23.5 Å². The molecule has 0 spiro atoms. The van der Waals surface area contributed by atoms with Crippen molar-refractivity contribution in [2.24, 2.45) is 4.99 Å². The third kappa shape index (κ3) is 4.61. The van der Waals surface area contributed by atoms with Crippen LogP contribution in [0.25, 0.3) is 16.8 Å². The molecule has 0 unspecified atom stereocenters. The summed E-state index contributed by atoms with van der Waals surface area (Å²) in [6, 6.07) is 27.9. The minimum atomic E-state index is -1.97. The second-order valence-corrected chi connectivity index (χ2v) is 9.67. The van der Waals surface area contributed by atoms with E-state index in [1.165, 1.54) is 11.3 Å². The van der Waals surface area contributed by atoms with Crippen LogP contribution in [0.3, 0.4) is 0 Å². The maximum atomic E-state index is 13.7. The Labute approximate surface area is 225 Å². The highest BCUT2D eigenvalue weighted by Crippen LogP contribution is 2.41. The molecule has 0 bridgehead atoms. The highest BCUT2D eigenvalue weighted by molar-refractivity contribution is 7.12. The Morgan fingerprint density at radius 3 is 2.05 bits per heavy atom. The molecule has 1 aliphatic rings. The van der Waals surface area contributed by atoms with Crippen LogP contribution in [-0.4, -0.2) is 41.0 Å². The first-order valence-electron chi connectivity index (χ1n) is 12.6. The summed E-state index contributed by atoms with van der Waals surface area (Å²) in [7, 11) is 0. The van der Waals surface area contributed by atoms with Gasteiger partial charge in [0.05, 0.1) is 23.8 Å². The summed E-state index contributed by atoms with van der Waals surface area (Å²) in [5.41, 5.74) is 2.77. The lowest BCUT2D eigenvalue weighted by Gasteiger charge is -2.26. The Morgan fingerprint density at radius 2 is 1.45 bits per heavy atom. The average molecular weight is 525 g/mol. The zero-order valence-electron chi connectivity index (χ0n) is 21.3. The molecule has 0 atom stereocenters. The molecule has 6 nitrogen and oxygen atoms in total. The topological polar surface area (TPSA) is 69.9 Å². The Morgan fingerprint density at radius 1 is 0.816 bits per heavy atom. The van der Waals surface area contributed by atoms with E-state index in [1.807, 2.05) is 84.3 Å². The van der Waals surface area contributed by atoms with Crippen molar-refractivity contribution >= 4 is 34.6 Å². The summed E-state index contributed by atoms with van der Waals surface area (Å²) >= 11 is 1.49. The zero-order valence-corrected chi connectivity index (χ0v) is 22.1. The number of thiophene rings is 1. The number of aliphatic imine (C=N–C) groups is 1. The van der Waals surface area contributed by atoms with Gasteiger partial charge in [-0.05, 0) is 54.6 Å². The van der Waals surface area contributed by atoms with Gasteiger partial charge in [0.2, 0.25) is 0 Å². The Kier molecular flexibility index (Phi) is 7.38. The molecule has 0 fully saturated rings. The van der Waals surface area contributed by atoms with E-state index in [-0.39, 0.29) is 13.2 Å². The van der Waals surface area contributed by atoms with Crippen LogP contribution in [0.5, 0.6) is 0 Å². The standard InChI is InChI=1S/C31H28N2O4S/c1-3-36-29(34)31(30(35)37-4-2)24(20-25(32-31)28-16-11-19-38-28)27-18-17-26(23-14-9-6-10-15-23)33(27)21-22-12-7-5-8-13-22/h5-20H,3-4,21H2,1-2H3. The van der Waals surface area contributed by atoms with Gasteiger partial charge < -0.3 is 14.0 Å². The minimum absolute atomic E-state index is 0.109. The van der Waals surface area contributed by atoms with Gasteiger partial charge in [-0.2, -0.15) is 0 Å². The van der Waals surface area contributed by atoms with Crippen molar-refractivity contribution in [3.8, 4) is 11.3 Å². The first kappa shape index (κ1) is 25.4. The molecule has 3 heterocycles. The molecule has 0 aliphatic carbocycles. The van der Waals surface area contributed by atoms with Crippen molar-refractivity contribution in [1.29, 1.82) is 0 Å². The number of rotatable bonds is 9. The largest absolute Gasteiger partial charge is 0.463 e. The lowest BCUT2D eigenvalue weighted by molar-refractivity contribution is -0.160. The van der Waals surface area contributed by atoms with E-state index in [1.54, 1.807) is 13.8 Å². The fourth-order valence-corrected chi connectivity index (χ4v) is 5.38. The molecule has 0 saturated carbocycles. The number of nitrogens with zero attached hydrogens (tertiary/aromatic N) is 2. The van der Waals surface area contributed by atoms with Gasteiger partial charge in [0.1, 0.15) is 0 Å². The summed E-state index contributed by atoms with van der Waals surface area (Å²) in [4.78, 5) is 32.9. The average Bonchev–Trinajstić information content (AvgIpc) is 3.69. The van der Waals surface area contributed by atoms with Crippen LogP contribution in [0.2, 0.25) is 0 Å². The van der Waals surface area contributed by atoms with Crippen LogP contribution in [0.15, 0.2) is 101 Å². The van der Waals surface area contributed by atoms with Gasteiger partial charge in [-0.15, -0.1) is 11.3 Å². The highest BCUT2D eigenvalue weighted by atomic mass is 32.1. The van der Waals surface area contributed by atoms with Crippen LogP contribution in [0.1, 0.15) is 30.0 Å². The highest BCUT2D eigenvalue weighted by Gasteiger charge is 2.56. The van der Waals surface area contributed by atoms with Crippen LogP contribution in [-0.2, 0) is 25.6 Å². The lowest BCUT2D eigenvalue weighted by atomic mass is 9.89. The molecule has 0 N–H and O–H groups in total. The van der Waals surface area contributed by atoms with Gasteiger partial charge in [-0.3, -0.25) is 0 Å². The van der Waals surface area contributed by atoms with Crippen LogP contribution in [0.4, 0.5) is 0 Å². The summed E-state index contributed by atoms with van der Waals surface area (Å²) in [5, 5.41) is 1.94. The number of carbonyl (C=O) groups excluding carboxylic acids is 2. The summed E-state index contributed by atoms with van der Waals surface area (Å²) < 4.78 is 13.1. The van der Waals surface area contributed by atoms with Crippen LogP contribution >= 0.6 is 11.3 Å². The van der Waals surface area contributed by atoms with E-state index in [0.717, 1.165) is 21.7 Å². The van der Waals surface area contributed by atoms with E-state index >= 15 is 0 Å². The lowest BCUT2D eigenvalue weighted by Crippen LogP contribution is -2.47. The fourth-order valence-electron chi connectivity index (χ4n) is 4.69. The third-order valence-corrected chi connectivity index (χ3v) is 7.28. The monoisotopic (exact) mass is 524 g/mol. The van der Waals surface area contributed by atoms with Gasteiger partial charge in [-0.25, -0.2) is 14.6 Å². The van der Waals surface area contributed by atoms with E-state index in [4.69, 9.17) is 14.5 Å². The number of carbonyl (C=O) groups is 2. The van der Waals surface area contributed by atoms with Crippen LogP contribution < -0.4 is 0 Å². The smallest absolute Gasteiger partial charge is 0.350 e.